The summed E-state index contributed by atoms with van der Waals surface area (Å²) in [5, 5.41) is 5.70. The minimum Gasteiger partial charge on any atom is -0.493 e. The molecule has 0 unspecified atom stereocenters. The van der Waals surface area contributed by atoms with Crippen molar-refractivity contribution in [2.45, 2.75) is 26.3 Å². The van der Waals surface area contributed by atoms with E-state index in [-0.39, 0.29) is 11.8 Å². The number of methoxy groups -OCH3 is 2. The summed E-state index contributed by atoms with van der Waals surface area (Å²) in [6.45, 7) is 4.17. The molecule has 0 fully saturated rings. The molecule has 0 saturated carbocycles. The highest BCUT2D eigenvalue weighted by molar-refractivity contribution is 6.32. The second kappa shape index (κ2) is 9.82. The van der Waals surface area contributed by atoms with E-state index >= 15 is 0 Å². The normalized spacial score (nSPS) is 11.9. The standard InChI is InChI=1S/C17H23ClN2O4/c1-5-8-19-17(22)11(2)20-15(21)7-6-12-9-13(18)16(24-4)14(10-12)23-3/h6-7,9-11H,5,8H2,1-4H3,(H,19,22)(H,20,21)/b7-6+/t11-/m1/s1. The van der Waals surface area contributed by atoms with Crippen molar-refractivity contribution in [3.05, 3.63) is 28.8 Å². The zero-order chi connectivity index (χ0) is 18.1. The molecule has 6 nitrogen and oxygen atoms in total. The molecule has 0 saturated heterocycles. The molecular formula is C17H23ClN2O4. The summed E-state index contributed by atoms with van der Waals surface area (Å²) in [5.74, 6) is 0.312. The summed E-state index contributed by atoms with van der Waals surface area (Å²) in [4.78, 5) is 23.6. The quantitative estimate of drug-likeness (QED) is 0.703. The summed E-state index contributed by atoms with van der Waals surface area (Å²) in [6.07, 6.45) is 3.76. The van der Waals surface area contributed by atoms with E-state index in [1.54, 1.807) is 25.1 Å². The molecule has 2 N–H and O–H groups in total. The number of halogens is 1. The lowest BCUT2D eigenvalue weighted by Gasteiger charge is -2.12. The second-order valence-corrected chi connectivity index (χ2v) is 5.50. The second-order valence-electron chi connectivity index (χ2n) is 5.09. The van der Waals surface area contributed by atoms with Crippen LogP contribution >= 0.6 is 11.6 Å². The molecule has 0 aliphatic heterocycles. The smallest absolute Gasteiger partial charge is 0.244 e. The molecule has 0 heterocycles. The number of carbonyl (C=O) groups excluding carboxylic acids is 2. The highest BCUT2D eigenvalue weighted by Crippen LogP contribution is 2.36. The number of hydrogen-bond donors (Lipinski definition) is 2. The minimum atomic E-state index is -0.609. The first kappa shape index (κ1) is 19.8. The van der Waals surface area contributed by atoms with E-state index in [2.05, 4.69) is 10.6 Å². The number of ether oxygens (including phenoxy) is 2. The zero-order valence-electron chi connectivity index (χ0n) is 14.3. The van der Waals surface area contributed by atoms with E-state index in [9.17, 15) is 9.59 Å². The van der Waals surface area contributed by atoms with Crippen molar-refractivity contribution in [1.29, 1.82) is 0 Å². The molecule has 1 aromatic rings. The molecule has 0 bridgehead atoms. The Morgan fingerprint density at radius 1 is 1.29 bits per heavy atom. The molecule has 2 amide bonds. The van der Waals surface area contributed by atoms with Gasteiger partial charge in [-0.15, -0.1) is 0 Å². The fourth-order valence-corrected chi connectivity index (χ4v) is 2.23. The molecule has 1 atom stereocenters. The molecule has 7 heteroatoms. The number of hydrogen-bond acceptors (Lipinski definition) is 4. The Bertz CT molecular complexity index is 617. The van der Waals surface area contributed by atoms with Crippen molar-refractivity contribution in [3.63, 3.8) is 0 Å². The maximum atomic E-state index is 11.9. The fraction of sp³-hybridized carbons (Fsp3) is 0.412. The van der Waals surface area contributed by atoms with Gasteiger partial charge in [-0.05, 0) is 37.1 Å². The minimum absolute atomic E-state index is 0.215. The van der Waals surface area contributed by atoms with Gasteiger partial charge in [0.05, 0.1) is 19.2 Å². The number of rotatable bonds is 8. The first-order valence-electron chi connectivity index (χ1n) is 7.60. The van der Waals surface area contributed by atoms with Gasteiger partial charge in [-0.1, -0.05) is 18.5 Å². The summed E-state index contributed by atoms with van der Waals surface area (Å²) in [5.41, 5.74) is 0.677. The van der Waals surface area contributed by atoms with Gasteiger partial charge in [0.15, 0.2) is 11.5 Å². The van der Waals surface area contributed by atoms with Crippen LogP contribution in [0.25, 0.3) is 6.08 Å². The maximum Gasteiger partial charge on any atom is 0.244 e. The van der Waals surface area contributed by atoms with Crippen LogP contribution in [0.15, 0.2) is 18.2 Å². The molecule has 0 aliphatic carbocycles. The van der Waals surface area contributed by atoms with Gasteiger partial charge >= 0.3 is 0 Å². The lowest BCUT2D eigenvalue weighted by Crippen LogP contribution is -2.44. The number of carbonyl (C=O) groups is 2. The lowest BCUT2D eigenvalue weighted by atomic mass is 10.2. The van der Waals surface area contributed by atoms with Gasteiger partial charge in [-0.25, -0.2) is 0 Å². The van der Waals surface area contributed by atoms with Crippen LogP contribution in [0.2, 0.25) is 5.02 Å². The van der Waals surface area contributed by atoms with Crippen LogP contribution in [-0.2, 0) is 9.59 Å². The Balaban J connectivity index is 2.73. The topological polar surface area (TPSA) is 76.7 Å². The Labute approximate surface area is 147 Å². The maximum absolute atomic E-state index is 11.9. The summed E-state index contributed by atoms with van der Waals surface area (Å²) in [6, 6.07) is 2.75. The van der Waals surface area contributed by atoms with Crippen LogP contribution < -0.4 is 20.1 Å². The monoisotopic (exact) mass is 354 g/mol. The van der Waals surface area contributed by atoms with E-state index in [1.165, 1.54) is 20.3 Å². The van der Waals surface area contributed by atoms with Crippen LogP contribution in [0.4, 0.5) is 0 Å². The third-order valence-electron chi connectivity index (χ3n) is 3.18. The number of benzene rings is 1. The van der Waals surface area contributed by atoms with Gasteiger partial charge in [0.2, 0.25) is 11.8 Å². The van der Waals surface area contributed by atoms with Gasteiger partial charge in [0, 0.05) is 12.6 Å². The highest BCUT2D eigenvalue weighted by Gasteiger charge is 2.13. The average molecular weight is 355 g/mol. The van der Waals surface area contributed by atoms with Crippen molar-refractivity contribution in [3.8, 4) is 11.5 Å². The van der Waals surface area contributed by atoms with Gasteiger partial charge in [-0.2, -0.15) is 0 Å². The molecule has 0 spiro atoms. The van der Waals surface area contributed by atoms with Crippen LogP contribution in [0.1, 0.15) is 25.8 Å². The molecule has 0 aliphatic rings. The highest BCUT2D eigenvalue weighted by atomic mass is 35.5. The molecule has 0 aromatic heterocycles. The van der Waals surface area contributed by atoms with Gasteiger partial charge in [0.1, 0.15) is 6.04 Å². The van der Waals surface area contributed by atoms with Crippen molar-refractivity contribution in [2.24, 2.45) is 0 Å². The predicted octanol–water partition coefficient (Wildman–Crippen LogP) is 2.40. The van der Waals surface area contributed by atoms with Crippen molar-refractivity contribution in [2.75, 3.05) is 20.8 Å². The molecule has 1 aromatic carbocycles. The van der Waals surface area contributed by atoms with Crippen LogP contribution in [0, 0.1) is 0 Å². The third-order valence-corrected chi connectivity index (χ3v) is 3.47. The Morgan fingerprint density at radius 2 is 2.00 bits per heavy atom. The van der Waals surface area contributed by atoms with Crippen molar-refractivity contribution < 1.29 is 19.1 Å². The molecular weight excluding hydrogens is 332 g/mol. The first-order chi connectivity index (χ1) is 11.4. The Kier molecular flexibility index (Phi) is 8.12. The van der Waals surface area contributed by atoms with Gasteiger partial charge in [-0.3, -0.25) is 9.59 Å². The van der Waals surface area contributed by atoms with Crippen molar-refractivity contribution >= 4 is 29.5 Å². The van der Waals surface area contributed by atoms with Crippen LogP contribution in [0.5, 0.6) is 11.5 Å². The lowest BCUT2D eigenvalue weighted by molar-refractivity contribution is -0.126. The third kappa shape index (κ3) is 5.77. The average Bonchev–Trinajstić information content (AvgIpc) is 2.56. The van der Waals surface area contributed by atoms with E-state index in [0.29, 0.717) is 28.6 Å². The molecule has 24 heavy (non-hydrogen) atoms. The molecule has 0 radical (unpaired) electrons. The summed E-state index contributed by atoms with van der Waals surface area (Å²) < 4.78 is 10.4. The fourth-order valence-electron chi connectivity index (χ4n) is 1.93. The van der Waals surface area contributed by atoms with E-state index in [0.717, 1.165) is 6.42 Å². The van der Waals surface area contributed by atoms with E-state index < -0.39 is 6.04 Å². The van der Waals surface area contributed by atoms with Gasteiger partial charge in [0.25, 0.3) is 0 Å². The Hall–Kier alpha value is -2.21. The number of amides is 2. The SMILES string of the molecule is CCCNC(=O)[C@@H](C)NC(=O)/C=C/c1cc(Cl)c(OC)c(OC)c1. The predicted molar refractivity (Wildman–Crippen MR) is 94.5 cm³/mol. The van der Waals surface area contributed by atoms with Crippen LogP contribution in [-0.4, -0.2) is 38.6 Å². The van der Waals surface area contributed by atoms with Crippen molar-refractivity contribution in [1.82, 2.24) is 10.6 Å². The van der Waals surface area contributed by atoms with Crippen LogP contribution in [0.3, 0.4) is 0 Å². The summed E-state index contributed by atoms with van der Waals surface area (Å²) >= 11 is 6.11. The first-order valence-corrected chi connectivity index (χ1v) is 7.98. The largest absolute Gasteiger partial charge is 0.493 e. The van der Waals surface area contributed by atoms with Gasteiger partial charge < -0.3 is 20.1 Å². The number of nitrogens with one attached hydrogen (secondary N) is 2. The Morgan fingerprint density at radius 3 is 2.58 bits per heavy atom. The zero-order valence-corrected chi connectivity index (χ0v) is 15.1. The van der Waals surface area contributed by atoms with E-state index in [4.69, 9.17) is 21.1 Å². The molecule has 132 valence electrons. The van der Waals surface area contributed by atoms with E-state index in [1.807, 2.05) is 6.92 Å². The molecule has 1 rings (SSSR count). The summed E-state index contributed by atoms with van der Waals surface area (Å²) in [7, 11) is 3.00.